The summed E-state index contributed by atoms with van der Waals surface area (Å²) in [7, 11) is 2.07. The molecule has 0 spiro atoms. The molecule has 1 atom stereocenters. The van der Waals surface area contributed by atoms with Crippen molar-refractivity contribution < 1.29 is 9.90 Å². The molecule has 1 rings (SSSR count). The van der Waals surface area contributed by atoms with Crippen molar-refractivity contribution in [2.24, 2.45) is 0 Å². The second-order valence-corrected chi connectivity index (χ2v) is 3.60. The highest BCUT2D eigenvalue weighted by Gasteiger charge is 2.25. The fourth-order valence-corrected chi connectivity index (χ4v) is 1.72. The van der Waals surface area contributed by atoms with Crippen molar-refractivity contribution in [1.82, 2.24) is 9.80 Å². The molecule has 76 valence electrons. The van der Waals surface area contributed by atoms with E-state index in [1.54, 1.807) is 0 Å². The first kappa shape index (κ1) is 10.5. The van der Waals surface area contributed by atoms with Crippen LogP contribution >= 0.6 is 0 Å². The molecule has 0 radical (unpaired) electrons. The third kappa shape index (κ3) is 2.67. The van der Waals surface area contributed by atoms with Crippen LogP contribution in [-0.2, 0) is 4.79 Å². The Balaban J connectivity index is 2.46. The van der Waals surface area contributed by atoms with E-state index in [9.17, 15) is 4.79 Å². The third-order valence-corrected chi connectivity index (χ3v) is 2.65. The lowest BCUT2D eigenvalue weighted by Gasteiger charge is -2.35. The summed E-state index contributed by atoms with van der Waals surface area (Å²) in [5.74, 6) is -0.688. The molecule has 0 aromatic heterocycles. The maximum Gasteiger partial charge on any atom is 0.320 e. The number of aliphatic carboxylic acids is 1. The van der Waals surface area contributed by atoms with E-state index in [0.717, 1.165) is 26.2 Å². The maximum atomic E-state index is 10.9. The van der Waals surface area contributed by atoms with Gasteiger partial charge in [0.2, 0.25) is 0 Å². The molecule has 13 heavy (non-hydrogen) atoms. The van der Waals surface area contributed by atoms with Gasteiger partial charge >= 0.3 is 5.97 Å². The predicted molar refractivity (Wildman–Crippen MR) is 50.8 cm³/mol. The van der Waals surface area contributed by atoms with E-state index in [1.807, 2.05) is 6.92 Å². The van der Waals surface area contributed by atoms with Crippen molar-refractivity contribution in [2.75, 3.05) is 33.2 Å². The second kappa shape index (κ2) is 4.58. The normalized spacial score (nSPS) is 22.9. The van der Waals surface area contributed by atoms with Crippen LogP contribution in [0.15, 0.2) is 0 Å². The molecule has 0 amide bonds. The van der Waals surface area contributed by atoms with Crippen molar-refractivity contribution in [3.63, 3.8) is 0 Å². The van der Waals surface area contributed by atoms with Gasteiger partial charge in [0.1, 0.15) is 6.04 Å². The van der Waals surface area contributed by atoms with Crippen LogP contribution < -0.4 is 0 Å². The molecule has 1 fully saturated rings. The smallest absolute Gasteiger partial charge is 0.320 e. The molecule has 1 heterocycles. The maximum absolute atomic E-state index is 10.9. The molecule has 4 heteroatoms. The topological polar surface area (TPSA) is 43.8 Å². The molecule has 0 aromatic carbocycles. The lowest BCUT2D eigenvalue weighted by Crippen LogP contribution is -2.51. The Morgan fingerprint density at radius 2 is 1.92 bits per heavy atom. The molecule has 1 aliphatic rings. The monoisotopic (exact) mass is 186 g/mol. The number of piperazine rings is 1. The van der Waals surface area contributed by atoms with E-state index in [4.69, 9.17) is 5.11 Å². The summed E-state index contributed by atoms with van der Waals surface area (Å²) in [6.45, 7) is 5.63. The lowest BCUT2D eigenvalue weighted by atomic mass is 10.1. The Hall–Kier alpha value is -0.610. The molecule has 1 saturated heterocycles. The van der Waals surface area contributed by atoms with Gasteiger partial charge in [-0.2, -0.15) is 0 Å². The zero-order valence-electron chi connectivity index (χ0n) is 8.36. The van der Waals surface area contributed by atoms with Crippen LogP contribution in [0.3, 0.4) is 0 Å². The van der Waals surface area contributed by atoms with E-state index in [1.165, 1.54) is 0 Å². The number of hydrogen-bond donors (Lipinski definition) is 1. The second-order valence-electron chi connectivity index (χ2n) is 3.60. The van der Waals surface area contributed by atoms with Crippen LogP contribution in [0.1, 0.15) is 13.3 Å². The van der Waals surface area contributed by atoms with Gasteiger partial charge in [-0.25, -0.2) is 0 Å². The minimum absolute atomic E-state index is 0.284. The van der Waals surface area contributed by atoms with Gasteiger partial charge in [-0.05, 0) is 13.5 Å². The van der Waals surface area contributed by atoms with Crippen LogP contribution in [-0.4, -0.2) is 60.1 Å². The number of likely N-dealkylation sites (N-methyl/N-ethyl adjacent to an activating group) is 1. The van der Waals surface area contributed by atoms with Gasteiger partial charge in [0.15, 0.2) is 0 Å². The Morgan fingerprint density at radius 1 is 1.38 bits per heavy atom. The van der Waals surface area contributed by atoms with Crippen molar-refractivity contribution in [1.29, 1.82) is 0 Å². The van der Waals surface area contributed by atoms with Gasteiger partial charge in [-0.15, -0.1) is 0 Å². The van der Waals surface area contributed by atoms with Gasteiger partial charge in [0.25, 0.3) is 0 Å². The number of carbonyl (C=O) groups is 1. The zero-order chi connectivity index (χ0) is 9.84. The molecule has 1 aliphatic heterocycles. The highest BCUT2D eigenvalue weighted by atomic mass is 16.4. The number of nitrogens with zero attached hydrogens (tertiary/aromatic N) is 2. The molecule has 0 bridgehead atoms. The quantitative estimate of drug-likeness (QED) is 0.679. The van der Waals surface area contributed by atoms with Crippen LogP contribution in [0.2, 0.25) is 0 Å². The first-order valence-corrected chi connectivity index (χ1v) is 4.80. The minimum atomic E-state index is -0.688. The lowest BCUT2D eigenvalue weighted by molar-refractivity contribution is -0.144. The number of carboxylic acid groups (broad SMARTS) is 1. The minimum Gasteiger partial charge on any atom is -0.480 e. The van der Waals surface area contributed by atoms with Gasteiger partial charge in [-0.3, -0.25) is 9.69 Å². The van der Waals surface area contributed by atoms with E-state index in [2.05, 4.69) is 16.8 Å². The third-order valence-electron chi connectivity index (χ3n) is 2.65. The Morgan fingerprint density at radius 3 is 2.31 bits per heavy atom. The van der Waals surface area contributed by atoms with Crippen molar-refractivity contribution >= 4 is 5.97 Å². The van der Waals surface area contributed by atoms with Gasteiger partial charge in [0.05, 0.1) is 0 Å². The predicted octanol–water partition coefficient (Wildman–Crippen LogP) is 0.0970. The van der Waals surface area contributed by atoms with E-state index >= 15 is 0 Å². The summed E-state index contributed by atoms with van der Waals surface area (Å²) in [6, 6.07) is -0.284. The first-order valence-electron chi connectivity index (χ1n) is 4.80. The Kier molecular flexibility index (Phi) is 3.69. The molecule has 0 aromatic rings. The van der Waals surface area contributed by atoms with E-state index in [-0.39, 0.29) is 6.04 Å². The highest BCUT2D eigenvalue weighted by Crippen LogP contribution is 2.08. The molecule has 0 saturated carbocycles. The fourth-order valence-electron chi connectivity index (χ4n) is 1.72. The standard InChI is InChI=1S/C9H18N2O2/c1-3-8(9(12)13)11-6-4-10(2)5-7-11/h8H,3-7H2,1-2H3,(H,12,13). The fraction of sp³-hybridized carbons (Fsp3) is 0.889. The molecule has 4 nitrogen and oxygen atoms in total. The summed E-state index contributed by atoms with van der Waals surface area (Å²) in [5, 5.41) is 8.94. The van der Waals surface area contributed by atoms with Gasteiger partial charge < -0.3 is 10.0 Å². The van der Waals surface area contributed by atoms with E-state index < -0.39 is 5.97 Å². The summed E-state index contributed by atoms with van der Waals surface area (Å²) in [4.78, 5) is 15.1. The average molecular weight is 186 g/mol. The van der Waals surface area contributed by atoms with E-state index in [0.29, 0.717) is 6.42 Å². The SMILES string of the molecule is CCC(C(=O)O)N1CCN(C)CC1. The summed E-state index contributed by atoms with van der Waals surface area (Å²) < 4.78 is 0. The summed E-state index contributed by atoms with van der Waals surface area (Å²) in [6.07, 6.45) is 0.693. The Labute approximate surface area is 79.1 Å². The molecule has 1 N–H and O–H groups in total. The van der Waals surface area contributed by atoms with Crippen LogP contribution in [0, 0.1) is 0 Å². The zero-order valence-corrected chi connectivity index (χ0v) is 8.36. The highest BCUT2D eigenvalue weighted by molar-refractivity contribution is 5.73. The van der Waals surface area contributed by atoms with Gasteiger partial charge in [-0.1, -0.05) is 6.92 Å². The summed E-state index contributed by atoms with van der Waals surface area (Å²) in [5.41, 5.74) is 0. The Bertz CT molecular complexity index is 176. The molecular weight excluding hydrogens is 168 g/mol. The number of hydrogen-bond acceptors (Lipinski definition) is 3. The molecular formula is C9H18N2O2. The first-order chi connectivity index (χ1) is 6.15. The largest absolute Gasteiger partial charge is 0.480 e. The molecule has 0 aliphatic carbocycles. The number of carboxylic acids is 1. The molecule has 1 unspecified atom stereocenters. The summed E-state index contributed by atoms with van der Waals surface area (Å²) >= 11 is 0. The van der Waals surface area contributed by atoms with Gasteiger partial charge in [0, 0.05) is 26.2 Å². The van der Waals surface area contributed by atoms with Crippen molar-refractivity contribution in [2.45, 2.75) is 19.4 Å². The van der Waals surface area contributed by atoms with Crippen LogP contribution in [0.4, 0.5) is 0 Å². The van der Waals surface area contributed by atoms with Crippen LogP contribution in [0.25, 0.3) is 0 Å². The number of rotatable bonds is 3. The van der Waals surface area contributed by atoms with Crippen LogP contribution in [0.5, 0.6) is 0 Å². The average Bonchev–Trinajstić information content (AvgIpc) is 2.09. The van der Waals surface area contributed by atoms with Crippen molar-refractivity contribution in [3.05, 3.63) is 0 Å². The van der Waals surface area contributed by atoms with Crippen molar-refractivity contribution in [3.8, 4) is 0 Å².